The van der Waals surface area contributed by atoms with Gasteiger partial charge in [0.05, 0.1) is 6.04 Å². The van der Waals surface area contributed by atoms with Crippen LogP contribution in [-0.4, -0.2) is 80.0 Å². The number of halogens is 1. The normalized spacial score (nSPS) is 16.3. The number of thiophene rings is 1. The molecule has 2 N–H and O–H groups in total. The van der Waals surface area contributed by atoms with E-state index < -0.39 is 11.8 Å². The summed E-state index contributed by atoms with van der Waals surface area (Å²) in [5, 5.41) is 7.69. The SMILES string of the molecule is CCN(CC)CCNC(=O)C(=O)N[C@H](C)[C@H](c1cccs1)N1CCN(c2ccc(F)cc2)CC1. The van der Waals surface area contributed by atoms with Crippen molar-refractivity contribution in [2.24, 2.45) is 0 Å². The molecule has 2 heterocycles. The second-order valence-electron chi connectivity index (χ2n) is 8.50. The molecule has 1 aliphatic heterocycles. The Morgan fingerprint density at radius 3 is 2.32 bits per heavy atom. The molecule has 3 rings (SSSR count). The molecule has 0 bridgehead atoms. The molecule has 7 nitrogen and oxygen atoms in total. The van der Waals surface area contributed by atoms with Crippen molar-refractivity contribution in [2.45, 2.75) is 32.9 Å². The lowest BCUT2D eigenvalue weighted by atomic mass is 10.0. The lowest BCUT2D eigenvalue weighted by Gasteiger charge is -2.42. The van der Waals surface area contributed by atoms with E-state index in [9.17, 15) is 14.0 Å². The van der Waals surface area contributed by atoms with Crippen LogP contribution in [0.5, 0.6) is 0 Å². The van der Waals surface area contributed by atoms with E-state index in [0.29, 0.717) is 6.54 Å². The van der Waals surface area contributed by atoms with Gasteiger partial charge in [-0.2, -0.15) is 0 Å². The van der Waals surface area contributed by atoms with E-state index in [0.717, 1.165) is 56.4 Å². The van der Waals surface area contributed by atoms with Gasteiger partial charge in [-0.25, -0.2) is 4.39 Å². The first-order chi connectivity index (χ1) is 16.4. The number of carbonyl (C=O) groups excluding carboxylic acids is 2. The van der Waals surface area contributed by atoms with Gasteiger partial charge in [0.15, 0.2) is 0 Å². The first-order valence-electron chi connectivity index (χ1n) is 12.0. The number of nitrogens with zero attached hydrogens (tertiary/aromatic N) is 3. The first-order valence-corrected chi connectivity index (χ1v) is 12.9. The predicted octanol–water partition coefficient (Wildman–Crippen LogP) is 2.71. The van der Waals surface area contributed by atoms with Crippen molar-refractivity contribution in [3.63, 3.8) is 0 Å². The number of carbonyl (C=O) groups is 2. The molecule has 2 aromatic rings. The molecule has 1 aromatic heterocycles. The number of rotatable bonds is 10. The van der Waals surface area contributed by atoms with Crippen molar-refractivity contribution in [3.8, 4) is 0 Å². The van der Waals surface area contributed by atoms with Crippen molar-refractivity contribution in [2.75, 3.05) is 57.3 Å². The lowest BCUT2D eigenvalue weighted by Crippen LogP contribution is -2.54. The zero-order chi connectivity index (χ0) is 24.5. The van der Waals surface area contributed by atoms with E-state index in [1.165, 1.54) is 12.1 Å². The molecular weight excluding hydrogens is 453 g/mol. The average molecular weight is 490 g/mol. The highest BCUT2D eigenvalue weighted by Gasteiger charge is 2.32. The summed E-state index contributed by atoms with van der Waals surface area (Å²) in [6.07, 6.45) is 0. The van der Waals surface area contributed by atoms with Gasteiger partial charge in [0.1, 0.15) is 5.82 Å². The summed E-state index contributed by atoms with van der Waals surface area (Å²) in [6, 6.07) is 10.4. The standard InChI is InChI=1S/C25H36FN5O2S/c1-4-29(5-2)13-12-27-24(32)25(33)28-19(3)23(22-7-6-18-34-22)31-16-14-30(15-17-31)21-10-8-20(26)9-11-21/h6-11,18-19,23H,4-5,12-17H2,1-3H3,(H,27,32)(H,28,33)/t19-,23-/m1/s1. The Kier molecular flexibility index (Phi) is 9.86. The van der Waals surface area contributed by atoms with Gasteiger partial charge < -0.3 is 20.4 Å². The largest absolute Gasteiger partial charge is 0.369 e. The van der Waals surface area contributed by atoms with Crippen molar-refractivity contribution in [3.05, 3.63) is 52.5 Å². The summed E-state index contributed by atoms with van der Waals surface area (Å²) in [5.74, 6) is -1.43. The Bertz CT molecular complexity index is 897. The van der Waals surface area contributed by atoms with Crippen LogP contribution >= 0.6 is 11.3 Å². The maximum absolute atomic E-state index is 13.3. The molecule has 34 heavy (non-hydrogen) atoms. The Hall–Kier alpha value is -2.49. The topological polar surface area (TPSA) is 67.9 Å². The molecule has 9 heteroatoms. The van der Waals surface area contributed by atoms with Gasteiger partial charge in [-0.15, -0.1) is 11.3 Å². The fourth-order valence-corrected chi connectivity index (χ4v) is 5.38. The second kappa shape index (κ2) is 12.8. The van der Waals surface area contributed by atoms with E-state index in [4.69, 9.17) is 0 Å². The van der Waals surface area contributed by atoms with Crippen molar-refractivity contribution >= 4 is 28.8 Å². The Labute approximate surface area is 205 Å². The van der Waals surface area contributed by atoms with E-state index in [1.54, 1.807) is 11.3 Å². The van der Waals surface area contributed by atoms with E-state index in [2.05, 4.69) is 45.2 Å². The maximum atomic E-state index is 13.3. The Morgan fingerprint density at radius 1 is 1.06 bits per heavy atom. The molecule has 1 saturated heterocycles. The number of benzene rings is 1. The van der Waals surface area contributed by atoms with Crippen LogP contribution in [0.1, 0.15) is 31.7 Å². The minimum atomic E-state index is -0.599. The van der Waals surface area contributed by atoms with E-state index in [1.807, 2.05) is 30.5 Å². The molecule has 1 aliphatic rings. The number of amides is 2. The molecule has 1 fully saturated rings. The molecule has 2 amide bonds. The highest BCUT2D eigenvalue weighted by molar-refractivity contribution is 7.10. The quantitative estimate of drug-likeness (QED) is 0.503. The lowest BCUT2D eigenvalue weighted by molar-refractivity contribution is -0.139. The summed E-state index contributed by atoms with van der Waals surface area (Å²) in [6.45, 7) is 12.3. The molecule has 0 spiro atoms. The molecule has 1 aromatic carbocycles. The Morgan fingerprint density at radius 2 is 1.74 bits per heavy atom. The van der Waals surface area contributed by atoms with E-state index in [-0.39, 0.29) is 17.9 Å². The molecule has 0 aliphatic carbocycles. The molecular formula is C25H36FN5O2S. The number of hydrogen-bond acceptors (Lipinski definition) is 6. The zero-order valence-electron chi connectivity index (χ0n) is 20.3. The summed E-state index contributed by atoms with van der Waals surface area (Å²) < 4.78 is 13.3. The van der Waals surface area contributed by atoms with Crippen molar-refractivity contribution in [1.29, 1.82) is 0 Å². The van der Waals surface area contributed by atoms with Gasteiger partial charge in [0, 0.05) is 55.9 Å². The van der Waals surface area contributed by atoms with Crippen LogP contribution < -0.4 is 15.5 Å². The second-order valence-corrected chi connectivity index (χ2v) is 9.48. The van der Waals surface area contributed by atoms with Gasteiger partial charge >= 0.3 is 11.8 Å². The van der Waals surface area contributed by atoms with Gasteiger partial charge in [-0.1, -0.05) is 19.9 Å². The van der Waals surface area contributed by atoms with Gasteiger partial charge in [-0.05, 0) is 55.7 Å². The van der Waals surface area contributed by atoms with Crippen LogP contribution in [0.15, 0.2) is 41.8 Å². The fourth-order valence-electron chi connectivity index (χ4n) is 4.41. The third kappa shape index (κ3) is 7.01. The number of nitrogens with one attached hydrogen (secondary N) is 2. The highest BCUT2D eigenvalue weighted by atomic mass is 32.1. The molecule has 2 atom stereocenters. The molecule has 186 valence electrons. The smallest absolute Gasteiger partial charge is 0.309 e. The minimum Gasteiger partial charge on any atom is -0.369 e. The molecule has 0 radical (unpaired) electrons. The van der Waals surface area contributed by atoms with Crippen LogP contribution in [0.2, 0.25) is 0 Å². The number of likely N-dealkylation sites (N-methyl/N-ethyl adjacent to an activating group) is 1. The van der Waals surface area contributed by atoms with Crippen LogP contribution in [-0.2, 0) is 9.59 Å². The fraction of sp³-hybridized carbons (Fsp3) is 0.520. The zero-order valence-corrected chi connectivity index (χ0v) is 21.1. The van der Waals surface area contributed by atoms with Crippen LogP contribution in [0.25, 0.3) is 0 Å². The predicted molar refractivity (Wildman–Crippen MR) is 136 cm³/mol. The average Bonchev–Trinajstić information content (AvgIpc) is 3.37. The molecule has 0 saturated carbocycles. The van der Waals surface area contributed by atoms with Crippen LogP contribution in [0.3, 0.4) is 0 Å². The third-order valence-corrected chi connectivity index (χ3v) is 7.32. The van der Waals surface area contributed by atoms with Gasteiger partial charge in [0.2, 0.25) is 0 Å². The number of piperazine rings is 1. The number of hydrogen-bond donors (Lipinski definition) is 2. The summed E-state index contributed by atoms with van der Waals surface area (Å²) in [5.41, 5.74) is 1.01. The van der Waals surface area contributed by atoms with Crippen molar-refractivity contribution in [1.82, 2.24) is 20.4 Å². The van der Waals surface area contributed by atoms with Gasteiger partial charge in [-0.3, -0.25) is 14.5 Å². The summed E-state index contributed by atoms with van der Waals surface area (Å²) >= 11 is 1.66. The Balaban J connectivity index is 1.58. The van der Waals surface area contributed by atoms with Gasteiger partial charge in [0.25, 0.3) is 0 Å². The van der Waals surface area contributed by atoms with Crippen LogP contribution in [0.4, 0.5) is 10.1 Å². The number of anilines is 1. The van der Waals surface area contributed by atoms with Crippen molar-refractivity contribution < 1.29 is 14.0 Å². The minimum absolute atomic E-state index is 0.0252. The summed E-state index contributed by atoms with van der Waals surface area (Å²) in [4.78, 5) is 32.9. The maximum Gasteiger partial charge on any atom is 0.309 e. The highest BCUT2D eigenvalue weighted by Crippen LogP contribution is 2.30. The monoisotopic (exact) mass is 489 g/mol. The van der Waals surface area contributed by atoms with E-state index >= 15 is 0 Å². The van der Waals surface area contributed by atoms with Crippen LogP contribution in [0, 0.1) is 5.82 Å². The third-order valence-electron chi connectivity index (χ3n) is 6.38. The molecule has 0 unspecified atom stereocenters. The summed E-state index contributed by atoms with van der Waals surface area (Å²) in [7, 11) is 0. The first kappa shape index (κ1) is 26.1.